The van der Waals surface area contributed by atoms with E-state index in [1.807, 2.05) is 27.7 Å². The minimum absolute atomic E-state index is 0.100. The maximum atomic E-state index is 12.2. The van der Waals surface area contributed by atoms with E-state index in [1.54, 1.807) is 6.92 Å². The number of ether oxygens (including phenoxy) is 1. The lowest BCUT2D eigenvalue weighted by molar-refractivity contribution is -0.174. The summed E-state index contributed by atoms with van der Waals surface area (Å²) in [7, 11) is 0. The van der Waals surface area contributed by atoms with Gasteiger partial charge in [-0.3, -0.25) is 9.59 Å². The molecule has 4 heteroatoms. The number of ketones is 1. The van der Waals surface area contributed by atoms with Gasteiger partial charge < -0.3 is 9.84 Å². The van der Waals surface area contributed by atoms with E-state index in [2.05, 4.69) is 0 Å². The van der Waals surface area contributed by atoms with E-state index in [-0.39, 0.29) is 23.6 Å². The highest BCUT2D eigenvalue weighted by atomic mass is 16.6. The molecular formula is C16H26O4. The minimum atomic E-state index is -0.730. The molecule has 0 aromatic heterocycles. The average molecular weight is 282 g/mol. The smallest absolute Gasteiger partial charge is 0.311 e. The van der Waals surface area contributed by atoms with Gasteiger partial charge in [-0.05, 0) is 46.0 Å². The Morgan fingerprint density at radius 2 is 2.00 bits per heavy atom. The molecule has 0 aliphatic heterocycles. The number of esters is 1. The van der Waals surface area contributed by atoms with Gasteiger partial charge in [-0.1, -0.05) is 13.8 Å². The lowest BCUT2D eigenvalue weighted by Gasteiger charge is -2.38. The molecule has 0 amide bonds. The first-order valence-corrected chi connectivity index (χ1v) is 7.53. The van der Waals surface area contributed by atoms with Gasteiger partial charge in [-0.2, -0.15) is 0 Å². The van der Waals surface area contributed by atoms with Crippen LogP contribution in [0.4, 0.5) is 0 Å². The number of aliphatic hydroxyl groups is 1. The van der Waals surface area contributed by atoms with Crippen LogP contribution in [0.25, 0.3) is 0 Å². The SMILES string of the molecule is CCC(C)(C)C(=O)OC1C2CC(C(C)=O)C(C)(C2)C1O. The van der Waals surface area contributed by atoms with Crippen LogP contribution in [0.15, 0.2) is 0 Å². The number of Topliss-reactive ketones (excluding diaryl/α,β-unsaturated/α-hetero) is 1. The third kappa shape index (κ3) is 2.18. The van der Waals surface area contributed by atoms with E-state index in [4.69, 9.17) is 4.74 Å². The number of fused-ring (bicyclic) bond motifs is 2. The summed E-state index contributed by atoms with van der Waals surface area (Å²) in [6.07, 6.45) is 1.02. The summed E-state index contributed by atoms with van der Waals surface area (Å²) < 4.78 is 5.61. The van der Waals surface area contributed by atoms with Crippen LogP contribution in [-0.2, 0) is 14.3 Å². The Labute approximate surface area is 120 Å². The van der Waals surface area contributed by atoms with Crippen LogP contribution < -0.4 is 0 Å². The molecule has 2 bridgehead atoms. The molecule has 2 aliphatic rings. The van der Waals surface area contributed by atoms with Gasteiger partial charge in [0.15, 0.2) is 0 Å². The Balaban J connectivity index is 2.12. The first-order chi connectivity index (χ1) is 9.13. The second kappa shape index (κ2) is 4.83. The fraction of sp³-hybridized carbons (Fsp3) is 0.875. The molecule has 4 nitrogen and oxygen atoms in total. The van der Waals surface area contributed by atoms with Crippen molar-refractivity contribution in [3.05, 3.63) is 0 Å². The first kappa shape index (κ1) is 15.5. The van der Waals surface area contributed by atoms with Crippen molar-refractivity contribution in [2.45, 2.75) is 66.1 Å². The summed E-state index contributed by atoms with van der Waals surface area (Å²) in [5, 5.41) is 10.5. The molecule has 2 saturated carbocycles. The molecule has 5 atom stereocenters. The molecule has 114 valence electrons. The van der Waals surface area contributed by atoms with Crippen LogP contribution in [0.5, 0.6) is 0 Å². The predicted molar refractivity (Wildman–Crippen MR) is 75.0 cm³/mol. The zero-order valence-corrected chi connectivity index (χ0v) is 13.1. The molecule has 2 fully saturated rings. The van der Waals surface area contributed by atoms with E-state index < -0.39 is 23.0 Å². The molecule has 0 heterocycles. The normalized spacial score (nSPS) is 39.9. The highest BCUT2D eigenvalue weighted by molar-refractivity contribution is 5.80. The van der Waals surface area contributed by atoms with E-state index in [9.17, 15) is 14.7 Å². The zero-order valence-electron chi connectivity index (χ0n) is 13.1. The van der Waals surface area contributed by atoms with E-state index >= 15 is 0 Å². The lowest BCUT2D eigenvalue weighted by Crippen LogP contribution is -2.48. The Hall–Kier alpha value is -0.900. The largest absolute Gasteiger partial charge is 0.459 e. The molecule has 0 saturated heterocycles. The van der Waals surface area contributed by atoms with Crippen LogP contribution in [-0.4, -0.2) is 29.1 Å². The van der Waals surface area contributed by atoms with Crippen molar-refractivity contribution in [3.8, 4) is 0 Å². The van der Waals surface area contributed by atoms with Crippen molar-refractivity contribution in [2.24, 2.45) is 22.7 Å². The van der Waals surface area contributed by atoms with Gasteiger partial charge in [0.05, 0.1) is 11.5 Å². The molecule has 2 aliphatic carbocycles. The van der Waals surface area contributed by atoms with Gasteiger partial charge in [-0.15, -0.1) is 0 Å². The third-order valence-electron chi connectivity index (χ3n) is 5.66. The predicted octanol–water partition coefficient (Wildman–Crippen LogP) is 2.33. The molecule has 20 heavy (non-hydrogen) atoms. The summed E-state index contributed by atoms with van der Waals surface area (Å²) in [6.45, 7) is 9.20. The molecule has 5 unspecified atom stereocenters. The number of hydrogen-bond acceptors (Lipinski definition) is 4. The Bertz CT molecular complexity index is 428. The zero-order chi connectivity index (χ0) is 15.3. The summed E-state index contributed by atoms with van der Waals surface area (Å²) in [5.41, 5.74) is -0.958. The van der Waals surface area contributed by atoms with Crippen molar-refractivity contribution in [1.82, 2.24) is 0 Å². The Morgan fingerprint density at radius 3 is 2.45 bits per heavy atom. The van der Waals surface area contributed by atoms with Crippen molar-refractivity contribution in [2.75, 3.05) is 0 Å². The molecule has 0 spiro atoms. The van der Waals surface area contributed by atoms with Gasteiger partial charge in [0.2, 0.25) is 0 Å². The van der Waals surface area contributed by atoms with Crippen LogP contribution in [0.3, 0.4) is 0 Å². The lowest BCUT2D eigenvalue weighted by atomic mass is 9.72. The standard InChI is InChI=1S/C16H26O4/c1-6-15(3,4)14(19)20-12-10-7-11(9(2)17)16(5,8-10)13(12)18/h10-13,18H,6-8H2,1-5H3. The third-order valence-corrected chi connectivity index (χ3v) is 5.66. The Kier molecular flexibility index (Phi) is 3.74. The molecule has 0 aromatic carbocycles. The first-order valence-electron chi connectivity index (χ1n) is 7.53. The van der Waals surface area contributed by atoms with Crippen molar-refractivity contribution in [1.29, 1.82) is 0 Å². The van der Waals surface area contributed by atoms with Gasteiger partial charge in [0.1, 0.15) is 11.9 Å². The maximum absolute atomic E-state index is 12.2. The van der Waals surface area contributed by atoms with E-state index in [0.717, 1.165) is 12.8 Å². The molecule has 0 radical (unpaired) electrons. The number of aliphatic hydroxyl groups excluding tert-OH is 1. The molecule has 2 rings (SSSR count). The van der Waals surface area contributed by atoms with Crippen LogP contribution in [0.1, 0.15) is 53.9 Å². The van der Waals surface area contributed by atoms with Crippen LogP contribution in [0, 0.1) is 22.7 Å². The number of hydrogen-bond donors (Lipinski definition) is 1. The second-order valence-corrected chi connectivity index (χ2v) is 7.42. The molecule has 0 aromatic rings. The highest BCUT2D eigenvalue weighted by Gasteiger charge is 2.62. The van der Waals surface area contributed by atoms with Crippen molar-refractivity contribution < 1.29 is 19.4 Å². The van der Waals surface area contributed by atoms with Crippen LogP contribution >= 0.6 is 0 Å². The highest BCUT2D eigenvalue weighted by Crippen LogP contribution is 2.58. The molecular weight excluding hydrogens is 256 g/mol. The van der Waals surface area contributed by atoms with Gasteiger partial charge in [0, 0.05) is 11.3 Å². The Morgan fingerprint density at radius 1 is 1.40 bits per heavy atom. The summed E-state index contributed by atoms with van der Waals surface area (Å²) in [6, 6.07) is 0. The number of carbonyl (C=O) groups excluding carboxylic acids is 2. The van der Waals surface area contributed by atoms with E-state index in [1.165, 1.54) is 0 Å². The van der Waals surface area contributed by atoms with Gasteiger partial charge >= 0.3 is 5.97 Å². The molecule has 1 N–H and O–H groups in total. The fourth-order valence-corrected chi connectivity index (χ4v) is 3.79. The van der Waals surface area contributed by atoms with Crippen molar-refractivity contribution >= 4 is 11.8 Å². The maximum Gasteiger partial charge on any atom is 0.311 e. The quantitative estimate of drug-likeness (QED) is 0.804. The monoisotopic (exact) mass is 282 g/mol. The fourth-order valence-electron chi connectivity index (χ4n) is 3.79. The summed E-state index contributed by atoms with van der Waals surface area (Å²) in [5.74, 6) is -0.107. The summed E-state index contributed by atoms with van der Waals surface area (Å²) >= 11 is 0. The topological polar surface area (TPSA) is 63.6 Å². The number of carbonyl (C=O) groups is 2. The average Bonchev–Trinajstić information content (AvgIpc) is 2.83. The van der Waals surface area contributed by atoms with E-state index in [0.29, 0.717) is 6.42 Å². The minimum Gasteiger partial charge on any atom is -0.459 e. The van der Waals surface area contributed by atoms with Crippen LogP contribution in [0.2, 0.25) is 0 Å². The van der Waals surface area contributed by atoms with Crippen molar-refractivity contribution in [3.63, 3.8) is 0 Å². The second-order valence-electron chi connectivity index (χ2n) is 7.42. The van der Waals surface area contributed by atoms with Gasteiger partial charge in [0.25, 0.3) is 0 Å². The summed E-state index contributed by atoms with van der Waals surface area (Å²) in [4.78, 5) is 23.9. The number of rotatable bonds is 4. The van der Waals surface area contributed by atoms with Gasteiger partial charge in [-0.25, -0.2) is 0 Å².